The van der Waals surface area contributed by atoms with Crippen LogP contribution < -0.4 is 26.2 Å². The standard InChI is InChI=1S/C23H22F3N3O5.C21H22N2O3.C17H30N2O5/c24-12-5-14(25)13(15(26)6-12)8-27-21(33)16-17-11(9-30)7-23-3-1-2-4-28(10-23)22(34)18(29(17)23)20(32)19(16)31;24-17-12-16-8-10-21-9-4-5-11-22(14-21)20(25)18(23(16)21)19(17)26-13-15-6-2-1-3-7-15;1-15(2,3)23-13(21)18-17(12-20)9-7-8-10-19(11-17)14(22)24-16(4,5)6/h5-6,11,30,32H,1-4,7-10H2,(H,27,33);1-3,6-7,12H,4-5,8-11,13-14H2;12H,7-11H2,1-6H3,(H,18,21)/t11?,23-;21-;17-/m110/s1. The number of nitrogens with one attached hydrogen (secondary N) is 2. The molecule has 2 aromatic heterocycles. The van der Waals surface area contributed by atoms with Crippen LogP contribution in [0.2, 0.25) is 0 Å². The van der Waals surface area contributed by atoms with Gasteiger partial charge in [-0.1, -0.05) is 30.3 Å². The number of hydrogen-bond donors (Lipinski definition) is 4. The van der Waals surface area contributed by atoms with Gasteiger partial charge in [-0.3, -0.25) is 24.0 Å². The Labute approximate surface area is 484 Å². The number of aromatic nitrogens is 2. The summed E-state index contributed by atoms with van der Waals surface area (Å²) in [6.07, 6.45) is 9.05. The molecule has 84 heavy (non-hydrogen) atoms. The Morgan fingerprint density at radius 2 is 1.36 bits per heavy atom. The van der Waals surface area contributed by atoms with Crippen LogP contribution in [0.3, 0.4) is 0 Å². The number of carbonyl (C=O) groups is 6. The van der Waals surface area contributed by atoms with E-state index < -0.39 is 105 Å². The predicted molar refractivity (Wildman–Crippen MR) is 299 cm³/mol. The van der Waals surface area contributed by atoms with E-state index in [0.29, 0.717) is 76.0 Å². The monoisotopic (exact) mass is 1170 g/mol. The van der Waals surface area contributed by atoms with Crippen molar-refractivity contribution in [3.63, 3.8) is 0 Å². The highest BCUT2D eigenvalue weighted by molar-refractivity contribution is 6.01. The second kappa shape index (κ2) is 23.8. The summed E-state index contributed by atoms with van der Waals surface area (Å²) in [6, 6.07) is 12.4. The highest BCUT2D eigenvalue weighted by atomic mass is 19.1. The molecule has 4 N–H and O–H groups in total. The number of halogens is 3. The lowest BCUT2D eigenvalue weighted by atomic mass is 9.86. The van der Waals surface area contributed by atoms with Crippen LogP contribution in [-0.4, -0.2) is 133 Å². The van der Waals surface area contributed by atoms with Gasteiger partial charge in [-0.05, 0) is 124 Å². The van der Waals surface area contributed by atoms with Crippen molar-refractivity contribution in [3.8, 4) is 11.5 Å². The number of aldehydes is 1. The van der Waals surface area contributed by atoms with E-state index in [1.165, 1.54) is 4.90 Å². The minimum absolute atomic E-state index is 0.0480. The molecule has 452 valence electrons. The topological polar surface area (TPSA) is 248 Å². The quantitative estimate of drug-likeness (QED) is 0.120. The van der Waals surface area contributed by atoms with Gasteiger partial charge in [0, 0.05) is 80.3 Å². The number of rotatable bonds is 9. The number of aliphatic hydroxyl groups excluding tert-OH is 1. The summed E-state index contributed by atoms with van der Waals surface area (Å²) in [7, 11) is 0. The molecule has 20 nitrogen and oxygen atoms in total. The minimum atomic E-state index is -1.20. The van der Waals surface area contributed by atoms with Gasteiger partial charge >= 0.3 is 12.2 Å². The molecule has 2 spiro atoms. The fourth-order valence-electron chi connectivity index (χ4n) is 13.1. The van der Waals surface area contributed by atoms with Crippen LogP contribution in [0.15, 0.2) is 58.1 Å². The van der Waals surface area contributed by atoms with Crippen molar-refractivity contribution < 1.29 is 66.4 Å². The molecule has 2 aromatic carbocycles. The van der Waals surface area contributed by atoms with Crippen molar-refractivity contribution >= 4 is 36.2 Å². The van der Waals surface area contributed by atoms with E-state index in [1.807, 2.05) is 35.2 Å². The van der Waals surface area contributed by atoms with E-state index in [1.54, 1.807) is 57.1 Å². The van der Waals surface area contributed by atoms with Gasteiger partial charge in [0.1, 0.15) is 52.6 Å². The summed E-state index contributed by atoms with van der Waals surface area (Å²) in [6.45, 7) is 12.7. The van der Waals surface area contributed by atoms with Gasteiger partial charge in [-0.2, -0.15) is 0 Å². The van der Waals surface area contributed by atoms with Crippen LogP contribution in [-0.2, 0) is 44.9 Å². The number of pyridine rings is 2. The number of likely N-dealkylation sites (tertiary alicyclic amines) is 1. The molecule has 0 saturated carbocycles. The maximum Gasteiger partial charge on any atom is 0.410 e. The maximum atomic E-state index is 14.0. The van der Waals surface area contributed by atoms with E-state index in [2.05, 4.69) is 15.2 Å². The fraction of sp³-hybridized carbons (Fsp3) is 0.541. The largest absolute Gasteiger partial charge is 0.503 e. The van der Waals surface area contributed by atoms with Gasteiger partial charge in [0.15, 0.2) is 22.9 Å². The lowest BCUT2D eigenvalue weighted by Crippen LogP contribution is -2.58. The average molecular weight is 1170 g/mol. The number of aromatic hydroxyl groups is 1. The fourth-order valence-corrected chi connectivity index (χ4v) is 13.1. The number of carbonyl (C=O) groups excluding carboxylic acids is 6. The summed E-state index contributed by atoms with van der Waals surface area (Å²) < 4.78 is 61.5. The highest BCUT2D eigenvalue weighted by Gasteiger charge is 2.54. The molecule has 0 radical (unpaired) electrons. The molecule has 9 heterocycles. The molecule has 4 bridgehead atoms. The van der Waals surface area contributed by atoms with Crippen LogP contribution in [0, 0.1) is 17.5 Å². The number of amides is 5. The number of aliphatic hydroxyl groups is 1. The first-order valence-corrected chi connectivity index (χ1v) is 28.8. The average Bonchev–Trinajstić information content (AvgIpc) is 1.53. The normalized spacial score (nSPS) is 23.0. The van der Waals surface area contributed by atoms with Gasteiger partial charge in [-0.15, -0.1) is 0 Å². The third-order valence-corrected chi connectivity index (χ3v) is 16.6. The van der Waals surface area contributed by atoms with Crippen molar-refractivity contribution in [1.29, 1.82) is 0 Å². The van der Waals surface area contributed by atoms with Gasteiger partial charge in [-0.25, -0.2) is 22.8 Å². The van der Waals surface area contributed by atoms with Crippen LogP contribution in [0.1, 0.15) is 172 Å². The molecular weight excluding hydrogens is 1100 g/mol. The molecule has 3 saturated heterocycles. The second-order valence-corrected chi connectivity index (χ2v) is 25.1. The first-order chi connectivity index (χ1) is 39.7. The summed E-state index contributed by atoms with van der Waals surface area (Å²) in [5.74, 6) is -6.42. The number of aryl methyl sites for hydroxylation is 1. The first-order valence-electron chi connectivity index (χ1n) is 28.8. The zero-order valence-electron chi connectivity index (χ0n) is 48.4. The summed E-state index contributed by atoms with van der Waals surface area (Å²) in [4.78, 5) is 106. The molecule has 4 atom stereocenters. The second-order valence-electron chi connectivity index (χ2n) is 25.1. The van der Waals surface area contributed by atoms with Gasteiger partial charge in [0.05, 0.1) is 24.2 Å². The Morgan fingerprint density at radius 1 is 0.750 bits per heavy atom. The van der Waals surface area contributed by atoms with E-state index in [0.717, 1.165) is 75.7 Å². The first kappa shape index (κ1) is 60.9. The maximum absolute atomic E-state index is 14.0. The van der Waals surface area contributed by atoms with Crippen LogP contribution in [0.4, 0.5) is 22.8 Å². The predicted octanol–water partition coefficient (Wildman–Crippen LogP) is 7.29. The third kappa shape index (κ3) is 12.3. The van der Waals surface area contributed by atoms with Crippen LogP contribution in [0.25, 0.3) is 0 Å². The third-order valence-electron chi connectivity index (χ3n) is 16.6. The number of hydrogen-bond acceptors (Lipinski definition) is 13. The Bertz CT molecular complexity index is 3350. The molecule has 23 heteroatoms. The van der Waals surface area contributed by atoms with Crippen molar-refractivity contribution in [1.82, 2.24) is 34.5 Å². The Balaban J connectivity index is 0.000000154. The van der Waals surface area contributed by atoms with Gasteiger partial charge in [0.2, 0.25) is 10.9 Å². The SMILES string of the molecule is CC(C)(C)OC(=O)N[C@@]1(C=O)CCCCN(C(=O)OC(C)(C)C)C1.O=C(NCc1c(F)cc(F)cc1F)c1c2n3c(c(O)c1=O)C(=O)N1CCCC[C@@]3(CC2CO)C1.O=C1c2c(OCc3ccccc3)c(=O)cc3n2[C@]2(CCCCN1C2)CC3. The zero-order valence-corrected chi connectivity index (χ0v) is 48.4. The molecule has 7 aliphatic heterocycles. The number of alkyl carbamates (subject to hydrolysis) is 1. The Morgan fingerprint density at radius 3 is 1.99 bits per heavy atom. The minimum Gasteiger partial charge on any atom is -0.503 e. The molecular formula is C61H74F3N7O13. The molecule has 0 aliphatic carbocycles. The van der Waals surface area contributed by atoms with Crippen molar-refractivity contribution in [2.45, 2.75) is 165 Å². The van der Waals surface area contributed by atoms with Crippen LogP contribution >= 0.6 is 0 Å². The van der Waals surface area contributed by atoms with E-state index in [9.17, 15) is 61.7 Å². The zero-order chi connectivity index (χ0) is 60.7. The van der Waals surface area contributed by atoms with Crippen LogP contribution in [0.5, 0.6) is 11.5 Å². The number of benzene rings is 2. The van der Waals surface area contributed by atoms with Crippen molar-refractivity contribution in [3.05, 3.63) is 126 Å². The molecule has 7 aliphatic rings. The summed E-state index contributed by atoms with van der Waals surface area (Å²) in [5, 5.41) is 25.7. The smallest absolute Gasteiger partial charge is 0.410 e. The van der Waals surface area contributed by atoms with Gasteiger partial charge in [0.25, 0.3) is 17.7 Å². The number of ether oxygens (including phenoxy) is 3. The molecule has 11 rings (SSSR count). The molecule has 1 unspecified atom stereocenters. The van der Waals surface area contributed by atoms with Gasteiger partial charge < -0.3 is 63.7 Å². The van der Waals surface area contributed by atoms with E-state index in [4.69, 9.17) is 14.2 Å². The molecule has 3 fully saturated rings. The lowest BCUT2D eigenvalue weighted by Gasteiger charge is -2.42. The highest BCUT2D eigenvalue weighted by Crippen LogP contribution is 2.50. The Hall–Kier alpha value is -7.69. The summed E-state index contributed by atoms with van der Waals surface area (Å²) in [5.41, 5.74) is -3.12. The van der Waals surface area contributed by atoms with Crippen molar-refractivity contribution in [2.75, 3.05) is 45.9 Å². The van der Waals surface area contributed by atoms with E-state index in [-0.39, 0.29) is 40.6 Å². The number of nitrogens with zero attached hydrogens (tertiary/aromatic N) is 5. The number of fused-ring (bicyclic) bond motifs is 2. The molecule has 4 aromatic rings. The summed E-state index contributed by atoms with van der Waals surface area (Å²) >= 11 is 0. The van der Waals surface area contributed by atoms with E-state index >= 15 is 0 Å². The Kier molecular flexibility index (Phi) is 17.2. The van der Waals surface area contributed by atoms with Crippen molar-refractivity contribution in [2.24, 2.45) is 0 Å². The molecule has 5 amide bonds. The lowest BCUT2D eigenvalue weighted by molar-refractivity contribution is -0.114.